The van der Waals surface area contributed by atoms with E-state index in [0.29, 0.717) is 13.1 Å². The summed E-state index contributed by atoms with van der Waals surface area (Å²) in [5.41, 5.74) is 1.64. The van der Waals surface area contributed by atoms with Gasteiger partial charge < -0.3 is 10.6 Å². The first-order chi connectivity index (χ1) is 12.6. The number of carbonyl (C=O) groups is 2. The van der Waals surface area contributed by atoms with E-state index in [-0.39, 0.29) is 17.7 Å². The van der Waals surface area contributed by atoms with Crippen LogP contribution in [0.4, 0.5) is 11.4 Å². The summed E-state index contributed by atoms with van der Waals surface area (Å²) in [5.74, 6) is -0.106. The molecule has 6 heteroatoms. The Labute approximate surface area is 167 Å². The van der Waals surface area contributed by atoms with Crippen molar-refractivity contribution in [1.29, 1.82) is 0 Å². The maximum absolute atomic E-state index is 12.5. The van der Waals surface area contributed by atoms with Crippen LogP contribution in [-0.2, 0) is 9.59 Å². The zero-order valence-corrected chi connectivity index (χ0v) is 16.6. The Morgan fingerprint density at radius 2 is 1.77 bits per heavy atom. The fraction of sp³-hybridized carbons (Fsp3) is 0.300. The molecule has 0 aromatic heterocycles. The molecule has 0 unspecified atom stereocenters. The molecule has 0 bridgehead atoms. The van der Waals surface area contributed by atoms with Crippen LogP contribution in [0.15, 0.2) is 54.6 Å². The maximum Gasteiger partial charge on any atom is 0.238 e. The largest absolute Gasteiger partial charge is 0.326 e. The summed E-state index contributed by atoms with van der Waals surface area (Å²) in [6, 6.07) is 17.2. The summed E-state index contributed by atoms with van der Waals surface area (Å²) in [6.45, 7) is 1.76. The van der Waals surface area contributed by atoms with Gasteiger partial charge in [-0.3, -0.25) is 14.5 Å². The Kier molecular flexibility index (Phi) is 6.62. The Morgan fingerprint density at radius 3 is 2.54 bits per heavy atom. The number of likely N-dealkylation sites (tertiary alicyclic amines) is 1. The van der Waals surface area contributed by atoms with Crippen LogP contribution in [0.1, 0.15) is 12.8 Å². The lowest BCUT2D eigenvalue weighted by Gasteiger charge is -2.31. The van der Waals surface area contributed by atoms with Gasteiger partial charge in [-0.1, -0.05) is 30.3 Å². The van der Waals surface area contributed by atoms with Gasteiger partial charge in [-0.2, -0.15) is 0 Å². The van der Waals surface area contributed by atoms with Crippen molar-refractivity contribution in [2.24, 2.45) is 5.92 Å². The molecule has 0 aliphatic carbocycles. The number of anilines is 2. The van der Waals surface area contributed by atoms with Crippen molar-refractivity contribution in [2.45, 2.75) is 12.8 Å². The highest BCUT2D eigenvalue weighted by atomic mass is 127. The van der Waals surface area contributed by atoms with Crippen LogP contribution in [0.5, 0.6) is 0 Å². The second-order valence-electron chi connectivity index (χ2n) is 6.46. The standard InChI is InChI=1S/C20H22IN3O2/c21-17-10-4-5-11-18(17)23-19(25)14-24-12-6-7-15(13-24)20(26)22-16-8-2-1-3-9-16/h1-5,8-11,15H,6-7,12-14H2,(H,22,26)(H,23,25)/t15-/m0/s1. The number of nitrogens with zero attached hydrogens (tertiary/aromatic N) is 1. The average Bonchev–Trinajstić information content (AvgIpc) is 2.64. The van der Waals surface area contributed by atoms with Gasteiger partial charge in [-0.25, -0.2) is 0 Å². The van der Waals surface area contributed by atoms with E-state index in [1.165, 1.54) is 0 Å². The third kappa shape index (κ3) is 5.28. The topological polar surface area (TPSA) is 61.4 Å². The monoisotopic (exact) mass is 463 g/mol. The van der Waals surface area contributed by atoms with Gasteiger partial charge >= 0.3 is 0 Å². The predicted molar refractivity (Wildman–Crippen MR) is 112 cm³/mol. The molecule has 0 saturated carbocycles. The summed E-state index contributed by atoms with van der Waals surface area (Å²) >= 11 is 2.21. The van der Waals surface area contributed by atoms with Gasteiger partial charge in [0.25, 0.3) is 0 Å². The summed E-state index contributed by atoms with van der Waals surface area (Å²) in [4.78, 5) is 26.9. The van der Waals surface area contributed by atoms with E-state index < -0.39 is 0 Å². The Morgan fingerprint density at radius 1 is 1.04 bits per heavy atom. The number of rotatable bonds is 5. The van der Waals surface area contributed by atoms with Crippen LogP contribution in [-0.4, -0.2) is 36.3 Å². The molecule has 1 saturated heterocycles. The first-order valence-electron chi connectivity index (χ1n) is 8.74. The van der Waals surface area contributed by atoms with E-state index in [0.717, 1.165) is 34.3 Å². The molecule has 136 valence electrons. The second-order valence-corrected chi connectivity index (χ2v) is 7.62. The molecule has 26 heavy (non-hydrogen) atoms. The number of carbonyl (C=O) groups excluding carboxylic acids is 2. The van der Waals surface area contributed by atoms with Gasteiger partial charge in [-0.05, 0) is 66.2 Å². The summed E-state index contributed by atoms with van der Waals surface area (Å²) in [5, 5.41) is 5.92. The molecule has 2 aromatic rings. The molecular formula is C20H22IN3O2. The summed E-state index contributed by atoms with van der Waals surface area (Å²) in [7, 11) is 0. The van der Waals surface area contributed by atoms with Crippen LogP contribution >= 0.6 is 22.6 Å². The predicted octanol–water partition coefficient (Wildman–Crippen LogP) is 3.58. The van der Waals surface area contributed by atoms with Crippen LogP contribution < -0.4 is 10.6 Å². The highest BCUT2D eigenvalue weighted by Gasteiger charge is 2.27. The van der Waals surface area contributed by atoms with Crippen molar-refractivity contribution in [1.82, 2.24) is 4.90 Å². The summed E-state index contributed by atoms with van der Waals surface area (Å²) < 4.78 is 1.01. The van der Waals surface area contributed by atoms with Gasteiger partial charge in [0, 0.05) is 15.8 Å². The minimum atomic E-state index is -0.0892. The molecule has 2 amide bonds. The molecule has 2 N–H and O–H groups in total. The molecule has 3 rings (SSSR count). The fourth-order valence-electron chi connectivity index (χ4n) is 3.13. The van der Waals surface area contributed by atoms with Gasteiger partial charge in [0.15, 0.2) is 0 Å². The van der Waals surface area contributed by atoms with Crippen molar-refractivity contribution in [3.8, 4) is 0 Å². The summed E-state index contributed by atoms with van der Waals surface area (Å²) in [6.07, 6.45) is 1.77. The van der Waals surface area contributed by atoms with E-state index in [4.69, 9.17) is 0 Å². The Bertz CT molecular complexity index is 767. The lowest BCUT2D eigenvalue weighted by atomic mass is 9.97. The van der Waals surface area contributed by atoms with Crippen LogP contribution in [0.2, 0.25) is 0 Å². The fourth-order valence-corrected chi connectivity index (χ4v) is 3.66. The van der Waals surface area contributed by atoms with Crippen molar-refractivity contribution >= 4 is 45.8 Å². The van der Waals surface area contributed by atoms with E-state index in [1.807, 2.05) is 54.6 Å². The lowest BCUT2D eigenvalue weighted by molar-refractivity contribution is -0.123. The van der Waals surface area contributed by atoms with Crippen LogP contribution in [0.3, 0.4) is 0 Å². The van der Waals surface area contributed by atoms with E-state index in [2.05, 4.69) is 38.1 Å². The lowest BCUT2D eigenvalue weighted by Crippen LogP contribution is -2.44. The zero-order valence-electron chi connectivity index (χ0n) is 14.5. The van der Waals surface area contributed by atoms with Crippen LogP contribution in [0, 0.1) is 9.49 Å². The number of amides is 2. The van der Waals surface area contributed by atoms with Crippen molar-refractivity contribution in [2.75, 3.05) is 30.3 Å². The number of hydrogen-bond acceptors (Lipinski definition) is 3. The first-order valence-corrected chi connectivity index (χ1v) is 9.82. The first kappa shape index (κ1) is 18.8. The highest BCUT2D eigenvalue weighted by molar-refractivity contribution is 14.1. The SMILES string of the molecule is O=C(CN1CCC[C@H](C(=O)Nc2ccccc2)C1)Nc1ccccc1I. The van der Waals surface area contributed by atoms with Crippen molar-refractivity contribution in [3.63, 3.8) is 0 Å². The van der Waals surface area contributed by atoms with E-state index >= 15 is 0 Å². The number of piperidine rings is 1. The molecule has 1 aliphatic heterocycles. The molecule has 0 spiro atoms. The third-order valence-electron chi connectivity index (χ3n) is 4.43. The second kappa shape index (κ2) is 9.14. The molecule has 5 nitrogen and oxygen atoms in total. The maximum atomic E-state index is 12.5. The quantitative estimate of drug-likeness (QED) is 0.667. The van der Waals surface area contributed by atoms with E-state index in [9.17, 15) is 9.59 Å². The minimum Gasteiger partial charge on any atom is -0.326 e. The third-order valence-corrected chi connectivity index (χ3v) is 5.37. The van der Waals surface area contributed by atoms with Crippen LogP contribution in [0.25, 0.3) is 0 Å². The number of benzene rings is 2. The molecule has 1 atom stereocenters. The molecule has 1 heterocycles. The molecule has 1 aliphatic rings. The zero-order chi connectivity index (χ0) is 18.4. The smallest absolute Gasteiger partial charge is 0.238 e. The molecule has 1 fully saturated rings. The Hall–Kier alpha value is -1.93. The van der Waals surface area contributed by atoms with Gasteiger partial charge in [-0.15, -0.1) is 0 Å². The minimum absolute atomic E-state index is 0.0268. The van der Waals surface area contributed by atoms with Gasteiger partial charge in [0.2, 0.25) is 11.8 Å². The highest BCUT2D eigenvalue weighted by Crippen LogP contribution is 2.20. The number of hydrogen-bond donors (Lipinski definition) is 2. The number of nitrogens with one attached hydrogen (secondary N) is 2. The molecular weight excluding hydrogens is 441 g/mol. The average molecular weight is 463 g/mol. The van der Waals surface area contributed by atoms with Crippen molar-refractivity contribution < 1.29 is 9.59 Å². The van der Waals surface area contributed by atoms with E-state index in [1.54, 1.807) is 0 Å². The van der Waals surface area contributed by atoms with Gasteiger partial charge in [0.1, 0.15) is 0 Å². The number of para-hydroxylation sites is 2. The molecule has 2 aromatic carbocycles. The Balaban J connectivity index is 1.52. The normalized spacial score (nSPS) is 17.5. The van der Waals surface area contributed by atoms with Crippen molar-refractivity contribution in [3.05, 3.63) is 58.2 Å². The molecule has 0 radical (unpaired) electrons. The number of halogens is 1. The van der Waals surface area contributed by atoms with Gasteiger partial charge in [0.05, 0.1) is 18.2 Å².